The molecule has 23 heavy (non-hydrogen) atoms. The van der Waals surface area contributed by atoms with E-state index in [4.69, 9.17) is 0 Å². The molecule has 1 nitrogen and oxygen atoms in total. The van der Waals surface area contributed by atoms with Gasteiger partial charge in [0.15, 0.2) is 0 Å². The van der Waals surface area contributed by atoms with Crippen molar-refractivity contribution in [2.45, 2.75) is 20.3 Å². The summed E-state index contributed by atoms with van der Waals surface area (Å²) in [5.74, 6) is 0. The molecule has 2 heteroatoms. The number of fused-ring (bicyclic) bond motifs is 1. The summed E-state index contributed by atoms with van der Waals surface area (Å²) in [6, 6.07) is 10.3. The van der Waals surface area contributed by atoms with E-state index in [0.29, 0.717) is 0 Å². The van der Waals surface area contributed by atoms with Crippen molar-refractivity contribution in [3.63, 3.8) is 0 Å². The molecule has 0 unspecified atom stereocenters. The molecule has 114 valence electrons. The van der Waals surface area contributed by atoms with Gasteiger partial charge in [-0.25, -0.2) is 17.1 Å². The van der Waals surface area contributed by atoms with Gasteiger partial charge in [-0.15, -0.1) is 6.42 Å². The Hall–Kier alpha value is -1.66. The van der Waals surface area contributed by atoms with Gasteiger partial charge in [-0.3, -0.25) is 6.08 Å². The SMILES string of the molecule is C1=CC2=CC(c3ccccc3)=NC2=C1.C[C](C)=[Zr].[C-]1=CC=CC1. The fraction of sp³-hybridized carbons (Fsp3) is 0.143. The smallest absolute Gasteiger partial charge is 0.109 e. The Morgan fingerprint density at radius 3 is 2.39 bits per heavy atom. The van der Waals surface area contributed by atoms with Crippen molar-refractivity contribution in [3.8, 4) is 0 Å². The van der Waals surface area contributed by atoms with Gasteiger partial charge >= 0.3 is 41.3 Å². The van der Waals surface area contributed by atoms with E-state index in [1.807, 2.05) is 42.5 Å². The number of rotatable bonds is 1. The van der Waals surface area contributed by atoms with Gasteiger partial charge in [-0.2, -0.15) is 6.08 Å². The molecule has 0 N–H and O–H groups in total. The molecular formula is C21H20NZr-. The summed E-state index contributed by atoms with van der Waals surface area (Å²) < 4.78 is 1.51. The van der Waals surface area contributed by atoms with Crippen LogP contribution in [0.4, 0.5) is 0 Å². The molecule has 0 atom stereocenters. The van der Waals surface area contributed by atoms with Gasteiger partial charge in [0.25, 0.3) is 0 Å². The molecule has 1 aromatic rings. The summed E-state index contributed by atoms with van der Waals surface area (Å²) in [4.78, 5) is 4.54. The van der Waals surface area contributed by atoms with Crippen molar-refractivity contribution in [3.05, 3.63) is 95.8 Å². The Morgan fingerprint density at radius 2 is 1.87 bits per heavy atom. The van der Waals surface area contributed by atoms with E-state index >= 15 is 0 Å². The van der Waals surface area contributed by atoms with Crippen LogP contribution in [-0.4, -0.2) is 8.92 Å². The molecule has 0 saturated heterocycles. The molecule has 1 aromatic carbocycles. The van der Waals surface area contributed by atoms with Crippen LogP contribution in [0.5, 0.6) is 0 Å². The zero-order valence-corrected chi connectivity index (χ0v) is 16.0. The first-order valence-electron chi connectivity index (χ1n) is 7.65. The molecule has 0 fully saturated rings. The van der Waals surface area contributed by atoms with Crippen molar-refractivity contribution in [1.82, 2.24) is 0 Å². The maximum Gasteiger partial charge on any atom is -0.109 e. The minimum atomic E-state index is 1.01. The number of aliphatic imine (C=N–C) groups is 1. The molecule has 0 bridgehead atoms. The van der Waals surface area contributed by atoms with Gasteiger partial charge in [-0.1, -0.05) is 42.5 Å². The Kier molecular flexibility index (Phi) is 7.29. The molecule has 3 aliphatic rings. The minimum absolute atomic E-state index is 1.01. The molecule has 0 aromatic heterocycles. The van der Waals surface area contributed by atoms with Crippen molar-refractivity contribution in [1.29, 1.82) is 0 Å². The van der Waals surface area contributed by atoms with Crippen molar-refractivity contribution in [2.75, 3.05) is 0 Å². The standard InChI is InChI=1S/C13H9N.C5H5.C3H6.Zr/c1-2-5-10(6-3-1)13-9-11-7-4-8-12(11)14-13;1-2-4-5-3-1;1-3-2;/h1-9H;1-3H,4H2;1-2H3;/q;-1;;. The predicted molar refractivity (Wildman–Crippen MR) is 96.2 cm³/mol. The summed E-state index contributed by atoms with van der Waals surface area (Å²) in [5, 5.41) is 0. The van der Waals surface area contributed by atoms with E-state index in [9.17, 15) is 0 Å². The molecule has 0 spiro atoms. The quantitative estimate of drug-likeness (QED) is 0.616. The van der Waals surface area contributed by atoms with Crippen LogP contribution in [0.3, 0.4) is 0 Å². The summed E-state index contributed by atoms with van der Waals surface area (Å²) in [6.45, 7) is 4.25. The monoisotopic (exact) mass is 376 g/mol. The average molecular weight is 378 g/mol. The number of hydrogen-bond donors (Lipinski definition) is 0. The Balaban J connectivity index is 0.000000177. The van der Waals surface area contributed by atoms with Gasteiger partial charge in [-0.05, 0) is 12.2 Å². The summed E-state index contributed by atoms with van der Waals surface area (Å²) >= 11 is 1.55. The van der Waals surface area contributed by atoms with E-state index in [1.54, 1.807) is 24.2 Å². The number of benzene rings is 1. The van der Waals surface area contributed by atoms with E-state index in [2.05, 4.69) is 55.3 Å². The zero-order chi connectivity index (χ0) is 16.5. The molecular weight excluding hydrogens is 357 g/mol. The van der Waals surface area contributed by atoms with Gasteiger partial charge in [0.1, 0.15) is 0 Å². The fourth-order valence-corrected chi connectivity index (χ4v) is 2.05. The number of allylic oxidation sites excluding steroid dienone is 8. The van der Waals surface area contributed by atoms with Crippen LogP contribution in [0.1, 0.15) is 25.8 Å². The topological polar surface area (TPSA) is 12.4 Å². The van der Waals surface area contributed by atoms with Crippen molar-refractivity contribution < 1.29 is 24.2 Å². The first-order chi connectivity index (χ1) is 11.2. The summed E-state index contributed by atoms with van der Waals surface area (Å²) in [6.07, 6.45) is 18.3. The van der Waals surface area contributed by atoms with Gasteiger partial charge in [0, 0.05) is 11.1 Å². The van der Waals surface area contributed by atoms with Gasteiger partial charge in [0.05, 0.1) is 11.4 Å². The Morgan fingerprint density at radius 1 is 1.13 bits per heavy atom. The van der Waals surface area contributed by atoms with Crippen LogP contribution >= 0.6 is 0 Å². The number of hydrogen-bond acceptors (Lipinski definition) is 1. The zero-order valence-electron chi connectivity index (χ0n) is 13.6. The maximum absolute atomic E-state index is 4.54. The van der Waals surface area contributed by atoms with Crippen LogP contribution in [0.15, 0.2) is 89.1 Å². The molecule has 0 radical (unpaired) electrons. The molecule has 4 rings (SSSR count). The van der Waals surface area contributed by atoms with E-state index in [1.165, 1.54) is 14.3 Å². The molecule has 1 aliphatic heterocycles. The molecule has 0 amide bonds. The average Bonchev–Trinajstić information content (AvgIpc) is 3.26. The van der Waals surface area contributed by atoms with E-state index in [-0.39, 0.29) is 0 Å². The first kappa shape index (κ1) is 17.7. The van der Waals surface area contributed by atoms with Crippen LogP contribution in [-0.2, 0) is 24.2 Å². The van der Waals surface area contributed by atoms with Crippen LogP contribution in [0, 0.1) is 6.08 Å². The van der Waals surface area contributed by atoms with Gasteiger partial charge in [0.2, 0.25) is 0 Å². The van der Waals surface area contributed by atoms with Crippen LogP contribution < -0.4 is 0 Å². The Bertz CT molecular complexity index is 714. The molecule has 0 saturated carbocycles. The summed E-state index contributed by atoms with van der Waals surface area (Å²) in [7, 11) is 0. The summed E-state index contributed by atoms with van der Waals surface area (Å²) in [5.41, 5.74) is 4.56. The van der Waals surface area contributed by atoms with E-state index < -0.39 is 0 Å². The normalized spacial score (nSPS) is 15.6. The van der Waals surface area contributed by atoms with E-state index in [0.717, 1.165) is 17.8 Å². The predicted octanol–water partition coefficient (Wildman–Crippen LogP) is 4.92. The Labute approximate surface area is 153 Å². The fourth-order valence-electron chi connectivity index (χ4n) is 2.05. The van der Waals surface area contributed by atoms with Crippen molar-refractivity contribution >= 4 is 8.92 Å². The number of nitrogens with zero attached hydrogens (tertiary/aromatic N) is 1. The third-order valence-corrected chi connectivity index (χ3v) is 3.01. The largest absolute Gasteiger partial charge is 0.273 e. The second-order valence-corrected chi connectivity index (χ2v) is 7.83. The first-order valence-corrected chi connectivity index (χ1v) is 8.88. The molecule has 2 aliphatic carbocycles. The van der Waals surface area contributed by atoms with Crippen molar-refractivity contribution in [2.24, 2.45) is 4.99 Å². The molecule has 1 heterocycles. The van der Waals surface area contributed by atoms with Gasteiger partial charge < -0.3 is 0 Å². The third kappa shape index (κ3) is 6.16. The third-order valence-electron chi connectivity index (χ3n) is 3.01. The second-order valence-electron chi connectivity index (χ2n) is 5.38. The minimum Gasteiger partial charge on any atom is -0.273 e. The maximum atomic E-state index is 4.54. The van der Waals surface area contributed by atoms with Crippen LogP contribution in [0.2, 0.25) is 0 Å². The van der Waals surface area contributed by atoms with Crippen LogP contribution in [0.25, 0.3) is 0 Å². The second kappa shape index (κ2) is 9.47.